The van der Waals surface area contributed by atoms with E-state index >= 15 is 0 Å². The first kappa shape index (κ1) is 14.2. The van der Waals surface area contributed by atoms with E-state index in [2.05, 4.69) is 21.2 Å². The van der Waals surface area contributed by atoms with Crippen LogP contribution in [-0.4, -0.2) is 19.1 Å². The molecule has 0 saturated heterocycles. The number of fused-ring (bicyclic) bond motifs is 1. The van der Waals surface area contributed by atoms with Crippen LogP contribution in [0.5, 0.6) is 11.5 Å². The number of hydrogen-bond donors (Lipinski definition) is 1. The summed E-state index contributed by atoms with van der Waals surface area (Å²) in [6.45, 7) is 0.973. The number of carbonyl (C=O) groups is 1. The first-order chi connectivity index (χ1) is 10.1. The molecular weight excluding hydrogens is 358 g/mol. The highest BCUT2D eigenvalue weighted by molar-refractivity contribution is 9.10. The number of rotatable bonds is 2. The third-order valence-electron chi connectivity index (χ3n) is 2.97. The van der Waals surface area contributed by atoms with Gasteiger partial charge in [0.25, 0.3) is 5.91 Å². The number of hydrogen-bond acceptors (Lipinski definition) is 3. The zero-order chi connectivity index (χ0) is 14.8. The lowest BCUT2D eigenvalue weighted by molar-refractivity contribution is 0.102. The predicted molar refractivity (Wildman–Crippen MR) is 84.5 cm³/mol. The molecule has 108 valence electrons. The molecular formula is C15H11BrClNO3. The number of benzene rings is 2. The zero-order valence-corrected chi connectivity index (χ0v) is 13.2. The maximum Gasteiger partial charge on any atom is 0.255 e. The van der Waals surface area contributed by atoms with Gasteiger partial charge in [-0.05, 0) is 18.2 Å². The Morgan fingerprint density at radius 3 is 2.57 bits per heavy atom. The molecule has 6 heteroatoms. The van der Waals surface area contributed by atoms with Crippen molar-refractivity contribution in [3.05, 3.63) is 51.5 Å². The smallest absolute Gasteiger partial charge is 0.255 e. The van der Waals surface area contributed by atoms with E-state index in [1.807, 2.05) is 6.07 Å². The summed E-state index contributed by atoms with van der Waals surface area (Å²) < 4.78 is 11.8. The van der Waals surface area contributed by atoms with Crippen molar-refractivity contribution in [2.24, 2.45) is 0 Å². The van der Waals surface area contributed by atoms with Gasteiger partial charge in [-0.2, -0.15) is 0 Å². The third-order valence-corrected chi connectivity index (χ3v) is 3.77. The van der Waals surface area contributed by atoms with Crippen molar-refractivity contribution in [1.29, 1.82) is 0 Å². The zero-order valence-electron chi connectivity index (χ0n) is 10.9. The molecule has 1 aliphatic heterocycles. The number of nitrogens with one attached hydrogen (secondary N) is 1. The van der Waals surface area contributed by atoms with Crippen molar-refractivity contribution in [2.45, 2.75) is 0 Å². The summed E-state index contributed by atoms with van der Waals surface area (Å²) in [6, 6.07) is 10.4. The molecule has 4 nitrogen and oxygen atoms in total. The molecule has 1 heterocycles. The van der Waals surface area contributed by atoms with Crippen LogP contribution in [0.3, 0.4) is 0 Å². The van der Waals surface area contributed by atoms with Crippen LogP contribution >= 0.6 is 27.5 Å². The molecule has 2 aromatic carbocycles. The molecule has 3 rings (SSSR count). The molecule has 0 aliphatic carbocycles. The van der Waals surface area contributed by atoms with Gasteiger partial charge < -0.3 is 14.8 Å². The molecule has 0 radical (unpaired) electrons. The summed E-state index contributed by atoms with van der Waals surface area (Å²) in [4.78, 5) is 12.2. The van der Waals surface area contributed by atoms with Crippen LogP contribution in [-0.2, 0) is 0 Å². The van der Waals surface area contributed by atoms with Crippen LogP contribution < -0.4 is 14.8 Å². The molecule has 0 saturated carbocycles. The predicted octanol–water partition coefficient (Wildman–Crippen LogP) is 4.13. The summed E-state index contributed by atoms with van der Waals surface area (Å²) >= 11 is 9.50. The average Bonchev–Trinajstić information content (AvgIpc) is 2.48. The maximum atomic E-state index is 12.2. The third kappa shape index (κ3) is 3.14. The van der Waals surface area contributed by atoms with Crippen molar-refractivity contribution < 1.29 is 14.3 Å². The molecule has 0 spiro atoms. The minimum atomic E-state index is -0.241. The fraction of sp³-hybridized carbons (Fsp3) is 0.133. The van der Waals surface area contributed by atoms with Gasteiger partial charge in [0.15, 0.2) is 11.5 Å². The Bertz CT molecular complexity index is 705. The van der Waals surface area contributed by atoms with Gasteiger partial charge >= 0.3 is 0 Å². The van der Waals surface area contributed by atoms with Crippen molar-refractivity contribution in [2.75, 3.05) is 18.5 Å². The lowest BCUT2D eigenvalue weighted by Crippen LogP contribution is -2.16. The van der Waals surface area contributed by atoms with Crippen molar-refractivity contribution >= 4 is 39.1 Å². The van der Waals surface area contributed by atoms with Crippen LogP contribution in [0.25, 0.3) is 0 Å². The Kier molecular flexibility index (Phi) is 4.03. The van der Waals surface area contributed by atoms with Gasteiger partial charge in [-0.1, -0.05) is 33.6 Å². The molecule has 0 bridgehead atoms. The van der Waals surface area contributed by atoms with E-state index in [9.17, 15) is 4.79 Å². The van der Waals surface area contributed by atoms with Crippen LogP contribution in [0.4, 0.5) is 5.69 Å². The van der Waals surface area contributed by atoms with Crippen LogP contribution in [0.1, 0.15) is 10.4 Å². The summed E-state index contributed by atoms with van der Waals surface area (Å²) in [5.41, 5.74) is 1.03. The number of amides is 1. The lowest BCUT2D eigenvalue weighted by atomic mass is 10.2. The number of ether oxygens (including phenoxy) is 2. The van der Waals surface area contributed by atoms with E-state index in [4.69, 9.17) is 21.1 Å². The maximum absolute atomic E-state index is 12.2. The Hall–Kier alpha value is -1.72. The molecule has 1 aliphatic rings. The SMILES string of the molecule is O=C(Nc1cc2c(cc1Cl)OCCO2)c1cccc(Br)c1. The molecule has 0 unspecified atom stereocenters. The topological polar surface area (TPSA) is 47.6 Å². The van der Waals surface area contributed by atoms with Crippen molar-refractivity contribution in [1.82, 2.24) is 0 Å². The fourth-order valence-corrected chi connectivity index (χ4v) is 2.58. The van der Waals surface area contributed by atoms with Crippen LogP contribution in [0.15, 0.2) is 40.9 Å². The minimum Gasteiger partial charge on any atom is -0.486 e. The van der Waals surface area contributed by atoms with E-state index in [0.717, 1.165) is 4.47 Å². The summed E-state index contributed by atoms with van der Waals surface area (Å²) in [5.74, 6) is 0.928. The van der Waals surface area contributed by atoms with Gasteiger partial charge in [-0.15, -0.1) is 0 Å². The van der Waals surface area contributed by atoms with Crippen LogP contribution in [0.2, 0.25) is 5.02 Å². The second-order valence-electron chi connectivity index (χ2n) is 4.44. The normalized spacial score (nSPS) is 12.9. The van der Waals surface area contributed by atoms with Crippen molar-refractivity contribution in [3.8, 4) is 11.5 Å². The molecule has 0 fully saturated rings. The highest BCUT2D eigenvalue weighted by Crippen LogP contribution is 2.38. The Morgan fingerprint density at radius 1 is 1.14 bits per heavy atom. The second-order valence-corrected chi connectivity index (χ2v) is 5.76. The molecule has 0 atom stereocenters. The number of halogens is 2. The molecule has 1 amide bonds. The minimum absolute atomic E-state index is 0.241. The number of anilines is 1. The highest BCUT2D eigenvalue weighted by atomic mass is 79.9. The average molecular weight is 369 g/mol. The fourth-order valence-electron chi connectivity index (χ4n) is 1.98. The van der Waals surface area contributed by atoms with E-state index < -0.39 is 0 Å². The van der Waals surface area contributed by atoms with Gasteiger partial charge in [0, 0.05) is 22.2 Å². The van der Waals surface area contributed by atoms with E-state index in [-0.39, 0.29) is 5.91 Å². The first-order valence-electron chi connectivity index (χ1n) is 6.29. The molecule has 1 N–H and O–H groups in total. The summed E-state index contributed by atoms with van der Waals surface area (Å²) in [5, 5.41) is 3.18. The largest absolute Gasteiger partial charge is 0.486 e. The van der Waals surface area contributed by atoms with Crippen molar-refractivity contribution in [3.63, 3.8) is 0 Å². The Balaban J connectivity index is 1.86. The quantitative estimate of drug-likeness (QED) is 0.867. The van der Waals surface area contributed by atoms with E-state index in [0.29, 0.717) is 41.0 Å². The molecule has 2 aromatic rings. The lowest BCUT2D eigenvalue weighted by Gasteiger charge is -2.20. The van der Waals surface area contributed by atoms with Gasteiger partial charge in [0.1, 0.15) is 13.2 Å². The summed E-state index contributed by atoms with van der Waals surface area (Å²) in [7, 11) is 0. The first-order valence-corrected chi connectivity index (χ1v) is 7.46. The van der Waals surface area contributed by atoms with Crippen LogP contribution in [0, 0.1) is 0 Å². The molecule has 21 heavy (non-hydrogen) atoms. The Morgan fingerprint density at radius 2 is 1.86 bits per heavy atom. The van der Waals surface area contributed by atoms with Gasteiger partial charge in [0.05, 0.1) is 10.7 Å². The monoisotopic (exact) mass is 367 g/mol. The summed E-state index contributed by atoms with van der Waals surface area (Å²) in [6.07, 6.45) is 0. The standard InChI is InChI=1S/C15H11BrClNO3/c16-10-3-1-2-9(6-10)15(19)18-12-8-14-13(7-11(12)17)20-4-5-21-14/h1-3,6-8H,4-5H2,(H,18,19). The number of carbonyl (C=O) groups excluding carboxylic acids is 1. The van der Waals surface area contributed by atoms with Gasteiger partial charge in [-0.25, -0.2) is 0 Å². The van der Waals surface area contributed by atoms with Gasteiger partial charge in [0.2, 0.25) is 0 Å². The van der Waals surface area contributed by atoms with E-state index in [1.54, 1.807) is 30.3 Å². The Labute approximate surface area is 135 Å². The van der Waals surface area contributed by atoms with E-state index in [1.165, 1.54) is 0 Å². The second kappa shape index (κ2) is 5.95. The molecule has 0 aromatic heterocycles. The van der Waals surface area contributed by atoms with Gasteiger partial charge in [-0.3, -0.25) is 4.79 Å². The highest BCUT2D eigenvalue weighted by Gasteiger charge is 2.17.